The van der Waals surface area contributed by atoms with Gasteiger partial charge < -0.3 is 11.5 Å². The number of aryl methyl sites for hydroxylation is 1. The second-order valence-corrected chi connectivity index (χ2v) is 6.50. The summed E-state index contributed by atoms with van der Waals surface area (Å²) in [5, 5.41) is 7.07. The van der Waals surface area contributed by atoms with Crippen molar-refractivity contribution in [3.63, 3.8) is 0 Å². The topological polar surface area (TPSA) is 82.8 Å². The lowest BCUT2D eigenvalue weighted by atomic mass is 10.0. The van der Waals surface area contributed by atoms with Gasteiger partial charge in [0.05, 0.1) is 5.52 Å². The molecule has 0 spiro atoms. The molecule has 23 heavy (non-hydrogen) atoms. The molecule has 4 N–H and O–H groups in total. The van der Waals surface area contributed by atoms with E-state index >= 15 is 0 Å². The second kappa shape index (κ2) is 6.54. The van der Waals surface area contributed by atoms with Gasteiger partial charge in [-0.15, -0.1) is 0 Å². The second-order valence-electron chi connectivity index (χ2n) is 6.50. The van der Waals surface area contributed by atoms with E-state index in [1.54, 1.807) is 0 Å². The van der Waals surface area contributed by atoms with Crippen LogP contribution in [0.15, 0.2) is 24.3 Å². The van der Waals surface area contributed by atoms with E-state index < -0.39 is 0 Å². The van der Waals surface area contributed by atoms with Crippen LogP contribution in [0.3, 0.4) is 0 Å². The summed E-state index contributed by atoms with van der Waals surface area (Å²) in [7, 11) is 0. The van der Waals surface area contributed by atoms with Gasteiger partial charge in [0, 0.05) is 23.0 Å². The number of anilines is 1. The van der Waals surface area contributed by atoms with Crippen LogP contribution in [0.2, 0.25) is 0 Å². The Morgan fingerprint density at radius 3 is 2.70 bits per heavy atom. The van der Waals surface area contributed by atoms with Gasteiger partial charge in [-0.3, -0.25) is 4.68 Å². The number of unbranched alkanes of at least 4 members (excludes halogenated alkanes) is 1. The number of aromatic nitrogens is 3. The van der Waals surface area contributed by atoms with E-state index in [1.807, 2.05) is 18.2 Å². The van der Waals surface area contributed by atoms with Crippen LogP contribution in [0.1, 0.15) is 32.4 Å². The lowest BCUT2D eigenvalue weighted by Gasteiger charge is -2.10. The van der Waals surface area contributed by atoms with E-state index in [1.165, 1.54) is 5.69 Å². The van der Waals surface area contributed by atoms with Crippen molar-refractivity contribution in [2.24, 2.45) is 11.7 Å². The fourth-order valence-electron chi connectivity index (χ4n) is 3.11. The summed E-state index contributed by atoms with van der Waals surface area (Å²) in [5.41, 5.74) is 14.8. The highest BCUT2D eigenvalue weighted by Crippen LogP contribution is 2.31. The van der Waals surface area contributed by atoms with Gasteiger partial charge in [-0.05, 0) is 37.8 Å². The number of fused-ring (bicyclic) bond motifs is 3. The molecule has 2 aromatic heterocycles. The molecular formula is C18H25N5. The summed E-state index contributed by atoms with van der Waals surface area (Å²) in [6, 6.07) is 8.16. The Bertz CT molecular complexity index is 819. The van der Waals surface area contributed by atoms with Gasteiger partial charge in [0.15, 0.2) is 5.82 Å². The molecule has 0 bridgehead atoms. The maximum atomic E-state index is 6.18. The third-order valence-electron chi connectivity index (χ3n) is 4.14. The van der Waals surface area contributed by atoms with Crippen molar-refractivity contribution in [2.75, 3.05) is 12.3 Å². The zero-order chi connectivity index (χ0) is 16.4. The highest BCUT2D eigenvalue weighted by atomic mass is 15.3. The van der Waals surface area contributed by atoms with Crippen LogP contribution in [-0.4, -0.2) is 21.3 Å². The maximum absolute atomic E-state index is 6.18. The fraction of sp³-hybridized carbons (Fsp3) is 0.444. The molecule has 1 aromatic carbocycles. The number of nitrogen functional groups attached to an aromatic ring is 1. The summed E-state index contributed by atoms with van der Waals surface area (Å²) in [6.07, 6.45) is 3.01. The normalized spacial score (nSPS) is 11.8. The third kappa shape index (κ3) is 3.01. The van der Waals surface area contributed by atoms with Crippen molar-refractivity contribution >= 4 is 27.6 Å². The first-order chi connectivity index (χ1) is 11.1. The first-order valence-electron chi connectivity index (χ1n) is 8.35. The van der Waals surface area contributed by atoms with Crippen LogP contribution >= 0.6 is 0 Å². The Morgan fingerprint density at radius 1 is 1.17 bits per heavy atom. The highest BCUT2D eigenvalue weighted by molar-refractivity contribution is 6.09. The Balaban J connectivity index is 2.23. The molecule has 0 unspecified atom stereocenters. The van der Waals surface area contributed by atoms with Crippen molar-refractivity contribution in [3.05, 3.63) is 30.0 Å². The number of benzene rings is 1. The van der Waals surface area contributed by atoms with E-state index in [4.69, 9.17) is 16.6 Å². The average molecular weight is 311 g/mol. The number of nitrogens with zero attached hydrogens (tertiary/aromatic N) is 3. The first-order valence-corrected chi connectivity index (χ1v) is 8.35. The van der Waals surface area contributed by atoms with Gasteiger partial charge in [0.2, 0.25) is 0 Å². The molecule has 5 heteroatoms. The maximum Gasteiger partial charge on any atom is 0.152 e. The first kappa shape index (κ1) is 15.7. The Morgan fingerprint density at radius 2 is 1.96 bits per heavy atom. The minimum absolute atomic E-state index is 0.515. The Hall–Kier alpha value is -2.14. The van der Waals surface area contributed by atoms with Crippen molar-refractivity contribution in [1.82, 2.24) is 14.8 Å². The van der Waals surface area contributed by atoms with Crippen LogP contribution in [-0.2, 0) is 13.0 Å². The van der Waals surface area contributed by atoms with Gasteiger partial charge in [-0.25, -0.2) is 4.98 Å². The molecule has 0 amide bonds. The standard InChI is InChI=1S/C18H25N5/c1-12(2)11-15-16-13-7-3-4-8-14(13)21-18(20)17(16)22-23(15)10-6-5-9-19/h3-4,7-8,12H,5-6,9-11,19H2,1-2H3,(H2,20,21). The van der Waals surface area contributed by atoms with E-state index in [9.17, 15) is 0 Å². The lowest BCUT2D eigenvalue weighted by molar-refractivity contribution is 0.520. The molecule has 0 aliphatic rings. The molecule has 0 saturated carbocycles. The molecule has 0 aliphatic heterocycles. The van der Waals surface area contributed by atoms with Crippen LogP contribution < -0.4 is 11.5 Å². The molecule has 0 fully saturated rings. The molecule has 0 atom stereocenters. The summed E-state index contributed by atoms with van der Waals surface area (Å²) in [6.45, 7) is 6.06. The zero-order valence-corrected chi connectivity index (χ0v) is 13.9. The number of nitrogens with two attached hydrogens (primary N) is 2. The van der Waals surface area contributed by atoms with Gasteiger partial charge in [-0.1, -0.05) is 32.0 Å². The molecule has 122 valence electrons. The number of hydrogen-bond acceptors (Lipinski definition) is 4. The monoisotopic (exact) mass is 311 g/mol. The molecule has 0 radical (unpaired) electrons. The van der Waals surface area contributed by atoms with Crippen LogP contribution in [0.5, 0.6) is 0 Å². The van der Waals surface area contributed by atoms with E-state index in [0.717, 1.165) is 47.6 Å². The van der Waals surface area contributed by atoms with Crippen molar-refractivity contribution in [1.29, 1.82) is 0 Å². The largest absolute Gasteiger partial charge is 0.382 e. The van der Waals surface area contributed by atoms with E-state index in [-0.39, 0.29) is 0 Å². The SMILES string of the molecule is CC(C)Cc1c2c(nn1CCCCN)c(N)nc1ccccc12. The number of para-hydroxylation sites is 1. The molecular weight excluding hydrogens is 286 g/mol. The van der Waals surface area contributed by atoms with Crippen LogP contribution in [0.25, 0.3) is 21.8 Å². The number of rotatable bonds is 6. The highest BCUT2D eigenvalue weighted by Gasteiger charge is 2.18. The molecule has 3 aromatic rings. The van der Waals surface area contributed by atoms with Crippen molar-refractivity contribution in [3.8, 4) is 0 Å². The molecule has 0 aliphatic carbocycles. The fourth-order valence-corrected chi connectivity index (χ4v) is 3.11. The third-order valence-corrected chi connectivity index (χ3v) is 4.14. The lowest BCUT2D eigenvalue weighted by Crippen LogP contribution is -2.09. The summed E-state index contributed by atoms with van der Waals surface area (Å²) in [5.74, 6) is 1.07. The average Bonchev–Trinajstić information content (AvgIpc) is 2.87. The summed E-state index contributed by atoms with van der Waals surface area (Å²) >= 11 is 0. The van der Waals surface area contributed by atoms with Gasteiger partial charge in [0.25, 0.3) is 0 Å². The quantitative estimate of drug-likeness (QED) is 0.685. The number of pyridine rings is 1. The Labute approximate surface area is 136 Å². The number of hydrogen-bond donors (Lipinski definition) is 2. The summed E-state index contributed by atoms with van der Waals surface area (Å²) in [4.78, 5) is 4.52. The predicted octanol–water partition coefficient (Wildman–Crippen LogP) is 3.10. The van der Waals surface area contributed by atoms with Crippen molar-refractivity contribution in [2.45, 2.75) is 39.7 Å². The van der Waals surface area contributed by atoms with E-state index in [2.05, 4.69) is 29.6 Å². The Kier molecular flexibility index (Phi) is 4.48. The molecule has 2 heterocycles. The van der Waals surface area contributed by atoms with Crippen molar-refractivity contribution < 1.29 is 0 Å². The van der Waals surface area contributed by atoms with Crippen LogP contribution in [0.4, 0.5) is 5.82 Å². The zero-order valence-electron chi connectivity index (χ0n) is 13.9. The summed E-state index contributed by atoms with van der Waals surface area (Å²) < 4.78 is 2.12. The van der Waals surface area contributed by atoms with Gasteiger partial charge in [0.1, 0.15) is 5.52 Å². The van der Waals surface area contributed by atoms with Crippen LogP contribution in [0, 0.1) is 5.92 Å². The molecule has 3 rings (SSSR count). The van der Waals surface area contributed by atoms with E-state index in [0.29, 0.717) is 18.3 Å². The van der Waals surface area contributed by atoms with Gasteiger partial charge >= 0.3 is 0 Å². The predicted molar refractivity (Wildman–Crippen MR) is 96.3 cm³/mol. The minimum atomic E-state index is 0.515. The smallest absolute Gasteiger partial charge is 0.152 e. The molecule has 0 saturated heterocycles. The van der Waals surface area contributed by atoms with Gasteiger partial charge in [-0.2, -0.15) is 5.10 Å². The molecule has 5 nitrogen and oxygen atoms in total. The minimum Gasteiger partial charge on any atom is -0.382 e.